The standard InChI is InChI=1S/C19H28N2/c1-5-6-7-8-17-13-18(15(2)3)20-19(17)14-21-11-9-16(4)10-12-21/h5-8,16H,2,9-14H2,1,3-4H3/b6-5-,8-7-. The fraction of sp³-hybridized carbons (Fsp3) is 0.526. The monoisotopic (exact) mass is 284 g/mol. The van der Waals surface area contributed by atoms with Gasteiger partial charge in [0.15, 0.2) is 0 Å². The van der Waals surface area contributed by atoms with Gasteiger partial charge in [-0.15, -0.1) is 0 Å². The van der Waals surface area contributed by atoms with Crippen LogP contribution in [0.3, 0.4) is 0 Å². The van der Waals surface area contributed by atoms with Gasteiger partial charge in [-0.25, -0.2) is 0 Å². The third-order valence-electron chi connectivity index (χ3n) is 4.34. The third-order valence-corrected chi connectivity index (χ3v) is 4.34. The predicted octanol–water partition coefficient (Wildman–Crippen LogP) is 4.53. The molecule has 2 aliphatic rings. The topological polar surface area (TPSA) is 15.6 Å². The minimum Gasteiger partial charge on any atom is -0.297 e. The molecule has 0 spiro atoms. The van der Waals surface area contributed by atoms with Crippen LogP contribution in [0, 0.1) is 5.92 Å². The van der Waals surface area contributed by atoms with E-state index in [4.69, 9.17) is 4.99 Å². The molecule has 0 aliphatic carbocycles. The maximum Gasteiger partial charge on any atom is 0.0583 e. The minimum absolute atomic E-state index is 0.877. The van der Waals surface area contributed by atoms with Crippen molar-refractivity contribution in [1.82, 2.24) is 4.90 Å². The lowest BCUT2D eigenvalue weighted by atomic mass is 9.99. The lowest BCUT2D eigenvalue weighted by Gasteiger charge is -2.30. The van der Waals surface area contributed by atoms with Crippen LogP contribution < -0.4 is 0 Å². The molecule has 1 saturated heterocycles. The lowest BCUT2D eigenvalue weighted by Crippen LogP contribution is -2.34. The van der Waals surface area contributed by atoms with Crippen LogP contribution in [-0.4, -0.2) is 30.2 Å². The first kappa shape index (κ1) is 16.0. The smallest absolute Gasteiger partial charge is 0.0583 e. The zero-order valence-electron chi connectivity index (χ0n) is 13.7. The summed E-state index contributed by atoms with van der Waals surface area (Å²) in [7, 11) is 0. The summed E-state index contributed by atoms with van der Waals surface area (Å²) < 4.78 is 0. The summed E-state index contributed by atoms with van der Waals surface area (Å²) in [5.41, 5.74) is 4.83. The molecule has 21 heavy (non-hydrogen) atoms. The predicted molar refractivity (Wildman–Crippen MR) is 92.7 cm³/mol. The zero-order chi connectivity index (χ0) is 15.2. The molecule has 0 atom stereocenters. The SMILES string of the molecule is C=C(C)C1=NC(CN2CCC(C)CC2)=C(/C=C\C=C/C)C1. The van der Waals surface area contributed by atoms with Crippen LogP contribution in [0.5, 0.6) is 0 Å². The highest BCUT2D eigenvalue weighted by Gasteiger charge is 2.21. The van der Waals surface area contributed by atoms with Gasteiger partial charge in [0, 0.05) is 18.7 Å². The van der Waals surface area contributed by atoms with Gasteiger partial charge in [0.2, 0.25) is 0 Å². The van der Waals surface area contributed by atoms with E-state index >= 15 is 0 Å². The van der Waals surface area contributed by atoms with E-state index in [0.29, 0.717) is 0 Å². The van der Waals surface area contributed by atoms with Crippen molar-refractivity contribution in [3.05, 3.63) is 47.7 Å². The van der Waals surface area contributed by atoms with Crippen molar-refractivity contribution in [3.8, 4) is 0 Å². The number of aliphatic imine (C=N–C) groups is 1. The first-order chi connectivity index (χ1) is 10.1. The summed E-state index contributed by atoms with van der Waals surface area (Å²) >= 11 is 0. The summed E-state index contributed by atoms with van der Waals surface area (Å²) in [6.45, 7) is 13.9. The van der Waals surface area contributed by atoms with Crippen molar-refractivity contribution < 1.29 is 0 Å². The van der Waals surface area contributed by atoms with Crippen molar-refractivity contribution in [2.45, 2.75) is 40.0 Å². The van der Waals surface area contributed by atoms with Gasteiger partial charge in [-0.3, -0.25) is 9.89 Å². The summed E-state index contributed by atoms with van der Waals surface area (Å²) in [5.74, 6) is 0.877. The van der Waals surface area contributed by atoms with Gasteiger partial charge in [-0.2, -0.15) is 0 Å². The van der Waals surface area contributed by atoms with Crippen LogP contribution in [0.15, 0.2) is 52.7 Å². The van der Waals surface area contributed by atoms with E-state index in [1.165, 1.54) is 37.2 Å². The van der Waals surface area contributed by atoms with Gasteiger partial charge < -0.3 is 0 Å². The number of hydrogen-bond donors (Lipinski definition) is 0. The molecule has 2 heterocycles. The Morgan fingerprint density at radius 2 is 2.05 bits per heavy atom. The normalized spacial score (nSPS) is 21.8. The third kappa shape index (κ3) is 4.53. The fourth-order valence-electron chi connectivity index (χ4n) is 2.81. The molecule has 114 valence electrons. The first-order valence-electron chi connectivity index (χ1n) is 8.07. The van der Waals surface area contributed by atoms with Crippen LogP contribution in [0.2, 0.25) is 0 Å². The van der Waals surface area contributed by atoms with Crippen LogP contribution in [0.25, 0.3) is 0 Å². The van der Waals surface area contributed by atoms with Crippen molar-refractivity contribution in [1.29, 1.82) is 0 Å². The molecular weight excluding hydrogens is 256 g/mol. The number of nitrogens with zero attached hydrogens (tertiary/aromatic N) is 2. The Bertz CT molecular complexity index is 498. The van der Waals surface area contributed by atoms with Gasteiger partial charge in [0.25, 0.3) is 0 Å². The number of likely N-dealkylation sites (tertiary alicyclic amines) is 1. The molecule has 0 unspecified atom stereocenters. The van der Waals surface area contributed by atoms with Gasteiger partial charge in [-0.05, 0) is 56.8 Å². The second kappa shape index (κ2) is 7.56. The van der Waals surface area contributed by atoms with Crippen LogP contribution in [0.4, 0.5) is 0 Å². The van der Waals surface area contributed by atoms with Crippen LogP contribution in [-0.2, 0) is 0 Å². The zero-order valence-corrected chi connectivity index (χ0v) is 13.7. The summed E-state index contributed by atoms with van der Waals surface area (Å²) in [6.07, 6.45) is 12.0. The second-order valence-electron chi connectivity index (χ2n) is 6.33. The Labute approximate surface area is 129 Å². The van der Waals surface area contributed by atoms with Gasteiger partial charge in [0.05, 0.1) is 5.70 Å². The van der Waals surface area contributed by atoms with Gasteiger partial charge in [-0.1, -0.05) is 37.8 Å². The largest absolute Gasteiger partial charge is 0.297 e. The average molecular weight is 284 g/mol. The van der Waals surface area contributed by atoms with Crippen molar-refractivity contribution >= 4 is 5.71 Å². The number of piperidine rings is 1. The van der Waals surface area contributed by atoms with E-state index in [-0.39, 0.29) is 0 Å². The highest BCUT2D eigenvalue weighted by Crippen LogP contribution is 2.26. The Morgan fingerprint density at radius 1 is 1.33 bits per heavy atom. The molecule has 1 fully saturated rings. The average Bonchev–Trinajstić information content (AvgIpc) is 2.85. The van der Waals surface area contributed by atoms with E-state index in [1.54, 1.807) is 0 Å². The van der Waals surface area contributed by atoms with Crippen molar-refractivity contribution in [2.24, 2.45) is 10.9 Å². The maximum atomic E-state index is 4.84. The van der Waals surface area contributed by atoms with E-state index in [0.717, 1.165) is 30.2 Å². The summed E-state index contributed by atoms with van der Waals surface area (Å²) in [5, 5.41) is 0. The molecule has 0 aromatic carbocycles. The van der Waals surface area contributed by atoms with E-state index in [2.05, 4.69) is 49.6 Å². The summed E-state index contributed by atoms with van der Waals surface area (Å²) in [6, 6.07) is 0. The molecule has 2 nitrogen and oxygen atoms in total. The number of hydrogen-bond acceptors (Lipinski definition) is 2. The fourth-order valence-corrected chi connectivity index (χ4v) is 2.81. The van der Waals surface area contributed by atoms with Crippen LogP contribution >= 0.6 is 0 Å². The molecule has 2 heteroatoms. The Kier molecular flexibility index (Phi) is 5.75. The molecule has 2 aliphatic heterocycles. The molecule has 0 saturated carbocycles. The van der Waals surface area contributed by atoms with E-state index in [9.17, 15) is 0 Å². The quantitative estimate of drug-likeness (QED) is 0.677. The summed E-state index contributed by atoms with van der Waals surface area (Å²) in [4.78, 5) is 7.39. The second-order valence-corrected chi connectivity index (χ2v) is 6.33. The Hall–Kier alpha value is -1.41. The molecule has 0 bridgehead atoms. The van der Waals surface area contributed by atoms with Crippen molar-refractivity contribution in [3.63, 3.8) is 0 Å². The first-order valence-corrected chi connectivity index (χ1v) is 8.07. The highest BCUT2D eigenvalue weighted by atomic mass is 15.1. The molecule has 0 N–H and O–H groups in total. The number of rotatable bonds is 5. The van der Waals surface area contributed by atoms with E-state index < -0.39 is 0 Å². The highest BCUT2D eigenvalue weighted by molar-refractivity contribution is 6.03. The molecular formula is C19H28N2. The van der Waals surface area contributed by atoms with Crippen LogP contribution in [0.1, 0.15) is 40.0 Å². The van der Waals surface area contributed by atoms with Gasteiger partial charge in [0.1, 0.15) is 0 Å². The number of allylic oxidation sites excluding steroid dienone is 6. The minimum atomic E-state index is 0.877. The molecule has 0 aromatic rings. The Morgan fingerprint density at radius 3 is 2.67 bits per heavy atom. The lowest BCUT2D eigenvalue weighted by molar-refractivity contribution is 0.206. The molecule has 0 aromatic heterocycles. The molecule has 0 radical (unpaired) electrons. The maximum absolute atomic E-state index is 4.84. The molecule has 0 amide bonds. The Balaban J connectivity index is 2.08. The molecule has 2 rings (SSSR count). The van der Waals surface area contributed by atoms with Crippen molar-refractivity contribution in [2.75, 3.05) is 19.6 Å². The van der Waals surface area contributed by atoms with Gasteiger partial charge >= 0.3 is 0 Å². The van der Waals surface area contributed by atoms with E-state index in [1.807, 2.05) is 6.92 Å².